The summed E-state index contributed by atoms with van der Waals surface area (Å²) in [6.45, 7) is 2.16. The second-order valence-electron chi connectivity index (χ2n) is 14.7. The topological polar surface area (TPSA) is 116 Å². The molecule has 0 bridgehead atoms. The molecule has 0 saturated heterocycles. The molecule has 6 aromatic carbocycles. The molecule has 0 aliphatic carbocycles. The van der Waals surface area contributed by atoms with Crippen LogP contribution in [0.15, 0.2) is 198 Å². The van der Waals surface area contributed by atoms with E-state index in [1.165, 1.54) is 0 Å². The number of hydrogen-bond acceptors (Lipinski definition) is 7. The van der Waals surface area contributed by atoms with Gasteiger partial charge in [0.2, 0.25) is 5.89 Å². The van der Waals surface area contributed by atoms with Crippen LogP contribution in [0, 0.1) is 0 Å². The minimum atomic E-state index is -0.0142. The van der Waals surface area contributed by atoms with Gasteiger partial charge in [0.25, 0.3) is 0 Å². The SMILES string of the molecule is CC(/C=C(\N=C(N)c1cnc2ccccc2c1)c1cc(-c2cc(-c3ccccc3)nc(-c3cnc4ccccc4c3)n2)cc(-c2nc3ccccc3o2)c1)c1ccccc1. The number of rotatable bonds is 9. The van der Waals surface area contributed by atoms with E-state index >= 15 is 0 Å². The number of nitrogens with two attached hydrogens (primary N) is 1. The van der Waals surface area contributed by atoms with E-state index in [1.54, 1.807) is 6.20 Å². The maximum Gasteiger partial charge on any atom is 0.227 e. The molecule has 8 nitrogen and oxygen atoms in total. The van der Waals surface area contributed by atoms with E-state index in [-0.39, 0.29) is 5.92 Å². The van der Waals surface area contributed by atoms with Gasteiger partial charge in [0.1, 0.15) is 11.4 Å². The fraction of sp³-hybridized carbons (Fsp3) is 0.0385. The van der Waals surface area contributed by atoms with Crippen LogP contribution in [0.1, 0.15) is 29.5 Å². The lowest BCUT2D eigenvalue weighted by atomic mass is 9.95. The van der Waals surface area contributed by atoms with Crippen LogP contribution in [0.3, 0.4) is 0 Å². The number of nitrogens with zero attached hydrogens (tertiary/aromatic N) is 6. The summed E-state index contributed by atoms with van der Waals surface area (Å²) in [6.07, 6.45) is 5.75. The van der Waals surface area contributed by atoms with E-state index < -0.39 is 0 Å². The Balaban J connectivity index is 1.20. The zero-order chi connectivity index (χ0) is 40.4. The number of amidine groups is 1. The van der Waals surface area contributed by atoms with Crippen molar-refractivity contribution < 1.29 is 4.42 Å². The predicted octanol–water partition coefficient (Wildman–Crippen LogP) is 11.9. The molecule has 60 heavy (non-hydrogen) atoms. The number of oxazole rings is 1. The molecule has 0 spiro atoms. The monoisotopic (exact) mass is 775 g/mol. The van der Waals surface area contributed by atoms with Crippen molar-refractivity contribution in [2.75, 3.05) is 0 Å². The molecule has 0 aliphatic heterocycles. The Labute approximate surface area is 346 Å². The van der Waals surface area contributed by atoms with E-state index in [2.05, 4.69) is 66.5 Å². The minimum absolute atomic E-state index is 0.0142. The summed E-state index contributed by atoms with van der Waals surface area (Å²) in [5.41, 5.74) is 18.3. The van der Waals surface area contributed by atoms with Gasteiger partial charge in [0.15, 0.2) is 11.4 Å². The third kappa shape index (κ3) is 7.41. The summed E-state index contributed by atoms with van der Waals surface area (Å²) in [5, 5.41) is 1.98. The van der Waals surface area contributed by atoms with Gasteiger partial charge in [-0.05, 0) is 66.2 Å². The highest BCUT2D eigenvalue weighted by atomic mass is 16.3. The van der Waals surface area contributed by atoms with Gasteiger partial charge in [-0.2, -0.15) is 0 Å². The van der Waals surface area contributed by atoms with E-state index in [1.807, 2.05) is 128 Å². The Morgan fingerprint density at radius 1 is 0.550 bits per heavy atom. The lowest BCUT2D eigenvalue weighted by Gasteiger charge is -2.14. The molecule has 0 saturated carbocycles. The van der Waals surface area contributed by atoms with E-state index in [9.17, 15) is 0 Å². The van der Waals surface area contributed by atoms with Crippen molar-refractivity contribution in [2.45, 2.75) is 12.8 Å². The molecule has 0 aliphatic rings. The maximum absolute atomic E-state index is 6.91. The van der Waals surface area contributed by atoms with Crippen LogP contribution in [-0.4, -0.2) is 30.8 Å². The average molecular weight is 776 g/mol. The molecule has 2 N–H and O–H groups in total. The van der Waals surface area contributed by atoms with Gasteiger partial charge in [-0.25, -0.2) is 19.9 Å². The largest absolute Gasteiger partial charge is 0.436 e. The van der Waals surface area contributed by atoms with Crippen LogP contribution in [0.25, 0.3) is 84.0 Å². The molecule has 0 radical (unpaired) electrons. The van der Waals surface area contributed by atoms with Crippen molar-refractivity contribution >= 4 is 44.4 Å². The van der Waals surface area contributed by atoms with Crippen LogP contribution < -0.4 is 5.73 Å². The molecule has 286 valence electrons. The van der Waals surface area contributed by atoms with E-state index in [4.69, 9.17) is 35.1 Å². The quantitative estimate of drug-likeness (QED) is 0.115. The normalized spacial score (nSPS) is 12.6. The smallest absolute Gasteiger partial charge is 0.227 e. The summed E-state index contributed by atoms with van der Waals surface area (Å²) in [6, 6.07) is 56.6. The van der Waals surface area contributed by atoms with Crippen molar-refractivity contribution in [2.24, 2.45) is 10.7 Å². The van der Waals surface area contributed by atoms with Crippen LogP contribution in [0.4, 0.5) is 0 Å². The highest BCUT2D eigenvalue weighted by Crippen LogP contribution is 2.36. The molecule has 1 unspecified atom stereocenters. The maximum atomic E-state index is 6.91. The first kappa shape index (κ1) is 36.3. The van der Waals surface area contributed by atoms with Crippen LogP contribution in [0.5, 0.6) is 0 Å². The zero-order valence-electron chi connectivity index (χ0n) is 32.6. The number of para-hydroxylation sites is 4. The van der Waals surface area contributed by atoms with Gasteiger partial charge in [0, 0.05) is 62.5 Å². The van der Waals surface area contributed by atoms with Crippen LogP contribution >= 0.6 is 0 Å². The predicted molar refractivity (Wildman–Crippen MR) is 242 cm³/mol. The van der Waals surface area contributed by atoms with E-state index in [0.717, 1.165) is 72.0 Å². The van der Waals surface area contributed by atoms with Crippen molar-refractivity contribution in [3.05, 3.63) is 205 Å². The van der Waals surface area contributed by atoms with Gasteiger partial charge in [-0.1, -0.05) is 122 Å². The number of aliphatic imine (C=N–C) groups is 1. The van der Waals surface area contributed by atoms with Crippen molar-refractivity contribution in [3.63, 3.8) is 0 Å². The average Bonchev–Trinajstić information content (AvgIpc) is 3.76. The zero-order valence-corrected chi connectivity index (χ0v) is 32.6. The van der Waals surface area contributed by atoms with Crippen molar-refractivity contribution in [3.8, 4) is 45.4 Å². The molecular formula is C52H37N7O. The first-order chi connectivity index (χ1) is 29.5. The second kappa shape index (κ2) is 15.7. The Kier molecular flexibility index (Phi) is 9.48. The van der Waals surface area contributed by atoms with Gasteiger partial charge in [0.05, 0.1) is 28.1 Å². The van der Waals surface area contributed by atoms with Crippen LogP contribution in [-0.2, 0) is 0 Å². The van der Waals surface area contributed by atoms with Crippen LogP contribution in [0.2, 0.25) is 0 Å². The molecule has 4 aromatic heterocycles. The molecule has 0 fully saturated rings. The molecule has 8 heteroatoms. The van der Waals surface area contributed by atoms with Gasteiger partial charge < -0.3 is 10.2 Å². The highest BCUT2D eigenvalue weighted by Gasteiger charge is 2.18. The fourth-order valence-corrected chi connectivity index (χ4v) is 7.41. The Morgan fingerprint density at radius 3 is 1.92 bits per heavy atom. The molecule has 1 atom stereocenters. The third-order valence-corrected chi connectivity index (χ3v) is 10.6. The number of fused-ring (bicyclic) bond motifs is 3. The van der Waals surface area contributed by atoms with Gasteiger partial charge in [-0.3, -0.25) is 9.97 Å². The second-order valence-corrected chi connectivity index (χ2v) is 14.7. The minimum Gasteiger partial charge on any atom is -0.436 e. The Bertz CT molecular complexity index is 3210. The summed E-state index contributed by atoms with van der Waals surface area (Å²) in [5.74, 6) is 1.35. The molecular weight excluding hydrogens is 739 g/mol. The van der Waals surface area contributed by atoms with Crippen molar-refractivity contribution in [1.29, 1.82) is 0 Å². The summed E-state index contributed by atoms with van der Waals surface area (Å²) in [7, 11) is 0. The summed E-state index contributed by atoms with van der Waals surface area (Å²) >= 11 is 0. The number of benzene rings is 6. The fourth-order valence-electron chi connectivity index (χ4n) is 7.41. The highest BCUT2D eigenvalue weighted by molar-refractivity contribution is 6.03. The van der Waals surface area contributed by atoms with E-state index in [0.29, 0.717) is 34.5 Å². The Hall–Kier alpha value is -8.10. The van der Waals surface area contributed by atoms with Gasteiger partial charge in [-0.15, -0.1) is 0 Å². The first-order valence-corrected chi connectivity index (χ1v) is 19.8. The third-order valence-electron chi connectivity index (χ3n) is 10.6. The number of pyridine rings is 2. The molecule has 10 aromatic rings. The summed E-state index contributed by atoms with van der Waals surface area (Å²) < 4.78 is 6.41. The number of hydrogen-bond donors (Lipinski definition) is 1. The molecule has 0 amide bonds. The summed E-state index contributed by atoms with van der Waals surface area (Å²) in [4.78, 5) is 29.9. The lowest BCUT2D eigenvalue weighted by molar-refractivity contribution is 0.620. The Morgan fingerprint density at radius 2 is 1.17 bits per heavy atom. The van der Waals surface area contributed by atoms with Gasteiger partial charge >= 0.3 is 0 Å². The lowest BCUT2D eigenvalue weighted by Crippen LogP contribution is -2.14. The van der Waals surface area contributed by atoms with Crippen molar-refractivity contribution in [1.82, 2.24) is 24.9 Å². The molecule has 10 rings (SSSR count). The number of aromatic nitrogens is 5. The molecule has 4 heterocycles. The standard InChI is InChI=1S/C52H37N7O/c1-33(34-14-4-2-5-15-34)24-46(56-50(53)41-25-36-18-8-10-20-43(36)54-31-41)38-27-39(29-40(28-38)52-59-45-22-12-13-23-49(45)60-52)48-30-47(35-16-6-3-7-17-35)57-51(58-48)42-26-37-19-9-11-21-44(37)55-32-42/h2-33H,1H3,(H2,53,56)/b46-24-. The number of allylic oxidation sites excluding steroid dienone is 1. The first-order valence-electron chi connectivity index (χ1n) is 19.8.